The molecule has 0 amide bonds. The number of sulfone groups is 1. The quantitative estimate of drug-likeness (QED) is 0.894. The van der Waals surface area contributed by atoms with Crippen LogP contribution in [-0.2, 0) is 14.6 Å². The maximum Gasteiger partial charge on any atom is 0.307 e. The van der Waals surface area contributed by atoms with E-state index in [0.717, 1.165) is 12.1 Å². The van der Waals surface area contributed by atoms with Crippen molar-refractivity contribution in [3.05, 3.63) is 30.1 Å². The molecule has 0 bridgehead atoms. The molecule has 0 heterocycles. The summed E-state index contributed by atoms with van der Waals surface area (Å²) in [5.41, 5.74) is 0. The molecule has 0 radical (unpaired) electrons. The molecular formula is C11H13FO4S. The molecule has 1 aromatic rings. The Balaban J connectivity index is 3.21. The predicted molar refractivity (Wildman–Crippen MR) is 59.8 cm³/mol. The van der Waals surface area contributed by atoms with Gasteiger partial charge < -0.3 is 5.11 Å². The van der Waals surface area contributed by atoms with Crippen molar-refractivity contribution < 1.29 is 22.7 Å². The molecule has 94 valence electrons. The summed E-state index contributed by atoms with van der Waals surface area (Å²) in [7, 11) is -3.97. The maximum absolute atomic E-state index is 13.4. The summed E-state index contributed by atoms with van der Waals surface area (Å²) in [4.78, 5) is 10.3. The Kier molecular flexibility index (Phi) is 3.87. The molecule has 1 aromatic carbocycles. The Labute approximate surface area is 99.0 Å². The lowest BCUT2D eigenvalue weighted by Gasteiger charge is -2.17. The summed E-state index contributed by atoms with van der Waals surface area (Å²) < 4.78 is 37.4. The summed E-state index contributed by atoms with van der Waals surface area (Å²) >= 11 is 0. The molecule has 0 saturated carbocycles. The van der Waals surface area contributed by atoms with Crippen molar-refractivity contribution in [2.45, 2.75) is 24.0 Å². The van der Waals surface area contributed by atoms with Gasteiger partial charge in [0.25, 0.3) is 0 Å². The standard InChI is InChI=1S/C11H13FO4S/c1-7(11(13)14)8(2)17(15,16)10-6-4-3-5-9(10)12/h3-8H,1-2H3,(H,13,14). The summed E-state index contributed by atoms with van der Waals surface area (Å²) in [6, 6.07) is 4.94. The van der Waals surface area contributed by atoms with Crippen molar-refractivity contribution in [2.75, 3.05) is 0 Å². The van der Waals surface area contributed by atoms with E-state index < -0.39 is 37.7 Å². The number of rotatable bonds is 4. The van der Waals surface area contributed by atoms with Gasteiger partial charge in [0, 0.05) is 0 Å². The first-order valence-corrected chi connectivity index (χ1v) is 6.54. The lowest BCUT2D eigenvalue weighted by Crippen LogP contribution is -2.31. The number of carboxylic acids is 1. The highest BCUT2D eigenvalue weighted by atomic mass is 32.2. The maximum atomic E-state index is 13.4. The van der Waals surface area contributed by atoms with Crippen LogP contribution in [0.15, 0.2) is 29.2 Å². The summed E-state index contributed by atoms with van der Waals surface area (Å²) in [6.07, 6.45) is 0. The average Bonchev–Trinajstić information content (AvgIpc) is 2.27. The topological polar surface area (TPSA) is 71.4 Å². The zero-order chi connectivity index (χ0) is 13.2. The van der Waals surface area contributed by atoms with E-state index in [0.29, 0.717) is 0 Å². The van der Waals surface area contributed by atoms with E-state index >= 15 is 0 Å². The molecule has 0 aliphatic heterocycles. The zero-order valence-corrected chi connectivity index (χ0v) is 10.2. The van der Waals surface area contributed by atoms with Gasteiger partial charge in [0.15, 0.2) is 9.84 Å². The smallest absolute Gasteiger partial charge is 0.307 e. The predicted octanol–water partition coefficient (Wildman–Crippen LogP) is 1.71. The molecule has 6 heteroatoms. The Morgan fingerprint density at radius 3 is 2.29 bits per heavy atom. The molecule has 2 atom stereocenters. The number of benzene rings is 1. The molecule has 1 rings (SSSR count). The SMILES string of the molecule is CC(C(=O)O)C(C)S(=O)(=O)c1ccccc1F. The minimum atomic E-state index is -3.97. The van der Waals surface area contributed by atoms with Gasteiger partial charge in [-0.15, -0.1) is 0 Å². The van der Waals surface area contributed by atoms with Crippen LogP contribution in [0, 0.1) is 11.7 Å². The molecule has 0 aliphatic rings. The molecule has 0 spiro atoms. The van der Waals surface area contributed by atoms with Crippen LogP contribution in [0.4, 0.5) is 4.39 Å². The summed E-state index contributed by atoms with van der Waals surface area (Å²) in [6.45, 7) is 2.55. The van der Waals surface area contributed by atoms with E-state index in [-0.39, 0.29) is 0 Å². The van der Waals surface area contributed by atoms with E-state index in [1.54, 1.807) is 0 Å². The van der Waals surface area contributed by atoms with Gasteiger partial charge in [0.2, 0.25) is 0 Å². The van der Waals surface area contributed by atoms with Gasteiger partial charge in [-0.1, -0.05) is 19.1 Å². The van der Waals surface area contributed by atoms with E-state index in [2.05, 4.69) is 0 Å². The number of halogens is 1. The van der Waals surface area contributed by atoms with Crippen LogP contribution >= 0.6 is 0 Å². The molecule has 0 aliphatic carbocycles. The fourth-order valence-corrected chi connectivity index (χ4v) is 3.01. The second-order valence-corrected chi connectivity index (χ2v) is 6.08. The van der Waals surface area contributed by atoms with Crippen LogP contribution in [0.1, 0.15) is 13.8 Å². The van der Waals surface area contributed by atoms with Gasteiger partial charge in [-0.3, -0.25) is 4.79 Å². The fourth-order valence-electron chi connectivity index (χ4n) is 1.35. The number of carbonyl (C=O) groups is 1. The normalized spacial score (nSPS) is 15.2. The third-order valence-corrected chi connectivity index (χ3v) is 5.06. The van der Waals surface area contributed by atoms with Crippen molar-refractivity contribution in [1.29, 1.82) is 0 Å². The van der Waals surface area contributed by atoms with Crippen LogP contribution in [0.2, 0.25) is 0 Å². The molecule has 17 heavy (non-hydrogen) atoms. The third-order valence-electron chi connectivity index (χ3n) is 2.73. The van der Waals surface area contributed by atoms with Crippen molar-refractivity contribution in [1.82, 2.24) is 0 Å². The molecule has 2 unspecified atom stereocenters. The van der Waals surface area contributed by atoms with Crippen LogP contribution in [0.3, 0.4) is 0 Å². The van der Waals surface area contributed by atoms with Crippen molar-refractivity contribution >= 4 is 15.8 Å². The largest absolute Gasteiger partial charge is 0.481 e. The van der Waals surface area contributed by atoms with E-state index in [1.807, 2.05) is 0 Å². The highest BCUT2D eigenvalue weighted by Gasteiger charge is 2.33. The van der Waals surface area contributed by atoms with Gasteiger partial charge in [0.1, 0.15) is 10.7 Å². The van der Waals surface area contributed by atoms with E-state index in [9.17, 15) is 17.6 Å². The van der Waals surface area contributed by atoms with E-state index in [4.69, 9.17) is 5.11 Å². The second-order valence-electron chi connectivity index (χ2n) is 3.81. The van der Waals surface area contributed by atoms with Crippen molar-refractivity contribution in [3.8, 4) is 0 Å². The highest BCUT2D eigenvalue weighted by Crippen LogP contribution is 2.23. The van der Waals surface area contributed by atoms with Gasteiger partial charge in [0.05, 0.1) is 11.2 Å². The number of carboxylic acid groups (broad SMARTS) is 1. The monoisotopic (exact) mass is 260 g/mol. The summed E-state index contributed by atoms with van der Waals surface area (Å²) in [5, 5.41) is 7.59. The third kappa shape index (κ3) is 2.63. The minimum absolute atomic E-state index is 0.458. The fraction of sp³-hybridized carbons (Fsp3) is 0.364. The molecule has 0 aromatic heterocycles. The minimum Gasteiger partial charge on any atom is -0.481 e. The Morgan fingerprint density at radius 2 is 1.82 bits per heavy atom. The van der Waals surface area contributed by atoms with E-state index in [1.165, 1.54) is 26.0 Å². The molecule has 0 saturated heterocycles. The molecule has 4 nitrogen and oxygen atoms in total. The van der Waals surface area contributed by atoms with Crippen LogP contribution in [-0.4, -0.2) is 24.7 Å². The first-order chi connectivity index (χ1) is 7.78. The van der Waals surface area contributed by atoms with Gasteiger partial charge in [-0.2, -0.15) is 0 Å². The van der Waals surface area contributed by atoms with Crippen LogP contribution < -0.4 is 0 Å². The number of hydrogen-bond acceptors (Lipinski definition) is 3. The first kappa shape index (κ1) is 13.6. The molecular weight excluding hydrogens is 247 g/mol. The lowest BCUT2D eigenvalue weighted by atomic mass is 10.1. The number of aliphatic carboxylic acids is 1. The summed E-state index contributed by atoms with van der Waals surface area (Å²) in [5.74, 6) is -3.19. The Bertz CT molecular complexity index is 524. The highest BCUT2D eigenvalue weighted by molar-refractivity contribution is 7.92. The van der Waals surface area contributed by atoms with Crippen LogP contribution in [0.25, 0.3) is 0 Å². The average molecular weight is 260 g/mol. The van der Waals surface area contributed by atoms with Crippen molar-refractivity contribution in [2.24, 2.45) is 5.92 Å². The van der Waals surface area contributed by atoms with Gasteiger partial charge >= 0.3 is 5.97 Å². The number of hydrogen-bond donors (Lipinski definition) is 1. The van der Waals surface area contributed by atoms with Crippen LogP contribution in [0.5, 0.6) is 0 Å². The van der Waals surface area contributed by atoms with Crippen molar-refractivity contribution in [3.63, 3.8) is 0 Å². The second kappa shape index (κ2) is 4.83. The molecule has 0 fully saturated rings. The first-order valence-electron chi connectivity index (χ1n) is 4.99. The lowest BCUT2D eigenvalue weighted by molar-refractivity contribution is -0.141. The van der Waals surface area contributed by atoms with Gasteiger partial charge in [-0.05, 0) is 19.1 Å². The molecule has 1 N–H and O–H groups in total. The Morgan fingerprint density at radius 1 is 1.29 bits per heavy atom. The zero-order valence-electron chi connectivity index (χ0n) is 9.42. The van der Waals surface area contributed by atoms with Gasteiger partial charge in [-0.25, -0.2) is 12.8 Å². The Hall–Kier alpha value is -1.43.